The minimum absolute atomic E-state index is 0.0589. The van der Waals surface area contributed by atoms with Gasteiger partial charge in [-0.15, -0.1) is 0 Å². The van der Waals surface area contributed by atoms with Gasteiger partial charge in [-0.2, -0.15) is 0 Å². The first-order chi connectivity index (χ1) is 12.0. The van der Waals surface area contributed by atoms with Crippen LogP contribution in [0.4, 0.5) is 0 Å². The lowest BCUT2D eigenvalue weighted by Gasteiger charge is -2.22. The molecular weight excluding hydrogens is 400 g/mol. The molecule has 0 saturated carbocycles. The molecule has 26 heavy (non-hydrogen) atoms. The molecule has 0 aliphatic carbocycles. The van der Waals surface area contributed by atoms with Gasteiger partial charge in [0.15, 0.2) is 0 Å². The van der Waals surface area contributed by atoms with E-state index in [1.807, 2.05) is 0 Å². The van der Waals surface area contributed by atoms with Crippen molar-refractivity contribution in [2.45, 2.75) is 39.3 Å². The number of carbonyl (C=O) groups excluding carboxylic acids is 1. The van der Waals surface area contributed by atoms with Gasteiger partial charge in [0.2, 0.25) is 19.7 Å². The van der Waals surface area contributed by atoms with Gasteiger partial charge in [0.1, 0.15) is 0 Å². The first kappa shape index (κ1) is 18.9. The van der Waals surface area contributed by atoms with Crippen molar-refractivity contribution in [2.75, 3.05) is 6.61 Å². The number of benzene rings is 2. The fraction of sp³-hybridized carbons (Fsp3) is 0.235. The normalized spacial score (nSPS) is 17.7. The Labute approximate surface area is 156 Å². The Morgan fingerprint density at radius 1 is 0.962 bits per heavy atom. The number of esters is 1. The highest BCUT2D eigenvalue weighted by molar-refractivity contribution is 7.97. The molecule has 0 N–H and O–H groups in total. The maximum absolute atomic E-state index is 13.0. The van der Waals surface area contributed by atoms with Crippen molar-refractivity contribution in [1.29, 1.82) is 0 Å². The molecule has 9 heteroatoms. The summed E-state index contributed by atoms with van der Waals surface area (Å²) in [4.78, 5) is 9.79. The van der Waals surface area contributed by atoms with Gasteiger partial charge in [-0.3, -0.25) is 4.79 Å². The van der Waals surface area contributed by atoms with Gasteiger partial charge in [-0.1, -0.05) is 24.6 Å². The summed E-state index contributed by atoms with van der Waals surface area (Å²) in [5.41, 5.74) is 0.550. The Kier molecular flexibility index (Phi) is 4.62. The fourth-order valence-electron chi connectivity index (χ4n) is 2.75. The van der Waals surface area contributed by atoms with E-state index in [4.69, 9.17) is 16.3 Å². The van der Waals surface area contributed by atoms with Gasteiger partial charge in [0, 0.05) is 17.9 Å². The topological polar surface area (TPSA) is 94.6 Å². The van der Waals surface area contributed by atoms with Crippen LogP contribution in [-0.4, -0.2) is 29.4 Å². The summed E-state index contributed by atoms with van der Waals surface area (Å²) in [6.07, 6.45) is 0. The summed E-state index contributed by atoms with van der Waals surface area (Å²) in [7, 11) is -8.03. The van der Waals surface area contributed by atoms with Crippen LogP contribution in [0.25, 0.3) is 0 Å². The second-order valence-electron chi connectivity index (χ2n) is 6.01. The van der Waals surface area contributed by atoms with Crippen LogP contribution in [0.1, 0.15) is 25.3 Å². The van der Waals surface area contributed by atoms with Gasteiger partial charge in [0.25, 0.3) is 0 Å². The Bertz CT molecular complexity index is 1120. The predicted molar refractivity (Wildman–Crippen MR) is 93.8 cm³/mol. The van der Waals surface area contributed by atoms with E-state index in [0.717, 1.165) is 6.07 Å². The second kappa shape index (κ2) is 6.37. The van der Waals surface area contributed by atoms with E-state index < -0.39 is 25.6 Å². The molecule has 1 aliphatic rings. The van der Waals surface area contributed by atoms with Gasteiger partial charge in [-0.05, 0) is 35.9 Å². The molecular formula is C17H15ClO6S2. The molecule has 2 aromatic carbocycles. The van der Waals surface area contributed by atoms with Crippen molar-refractivity contribution in [2.24, 2.45) is 0 Å². The minimum atomic E-state index is -4.05. The molecule has 3 rings (SSSR count). The molecule has 0 radical (unpaired) electrons. The number of fused-ring (bicyclic) bond motifs is 2. The lowest BCUT2D eigenvalue weighted by Crippen LogP contribution is -2.20. The number of halogens is 1. The van der Waals surface area contributed by atoms with Crippen molar-refractivity contribution in [1.82, 2.24) is 0 Å². The standard InChI is InChI=1S/C17H15ClO6S2/c1-10(9-24-11(2)19)12-3-5-14-16(7-12)26(22,23)17-8-13(18)4-6-15(17)25(14,20)21/h3-8,10H,9H2,1-2H3. The molecule has 1 unspecified atom stereocenters. The van der Waals surface area contributed by atoms with Gasteiger partial charge < -0.3 is 4.74 Å². The Balaban J connectivity index is 2.19. The van der Waals surface area contributed by atoms with E-state index in [2.05, 4.69) is 0 Å². The molecule has 1 aliphatic heterocycles. The number of rotatable bonds is 3. The number of ether oxygens (including phenoxy) is 1. The quantitative estimate of drug-likeness (QED) is 0.611. The number of carbonyl (C=O) groups is 1. The molecule has 0 aromatic heterocycles. The molecule has 0 bridgehead atoms. The zero-order chi connectivity index (χ0) is 19.3. The molecule has 2 aromatic rings. The second-order valence-corrected chi connectivity index (χ2v) is 10.2. The van der Waals surface area contributed by atoms with Crippen LogP contribution in [0, 0.1) is 0 Å². The molecule has 1 atom stereocenters. The first-order valence-corrected chi connectivity index (χ1v) is 11.0. The summed E-state index contributed by atoms with van der Waals surface area (Å²) < 4.78 is 56.5. The lowest BCUT2D eigenvalue weighted by atomic mass is 10.0. The maximum Gasteiger partial charge on any atom is 0.302 e. The average molecular weight is 415 g/mol. The monoisotopic (exact) mass is 414 g/mol. The van der Waals surface area contributed by atoms with E-state index >= 15 is 0 Å². The molecule has 1 heterocycles. The van der Waals surface area contributed by atoms with Crippen LogP contribution in [0.5, 0.6) is 0 Å². The van der Waals surface area contributed by atoms with Gasteiger partial charge in [0.05, 0.1) is 26.2 Å². The summed E-state index contributed by atoms with van der Waals surface area (Å²) >= 11 is 5.87. The Hall–Kier alpha value is -1.90. The van der Waals surface area contributed by atoms with E-state index in [1.165, 1.54) is 37.3 Å². The van der Waals surface area contributed by atoms with Crippen LogP contribution in [0.3, 0.4) is 0 Å². The van der Waals surface area contributed by atoms with Crippen LogP contribution < -0.4 is 0 Å². The van der Waals surface area contributed by atoms with E-state index in [9.17, 15) is 21.6 Å². The number of hydrogen-bond acceptors (Lipinski definition) is 6. The average Bonchev–Trinajstić information content (AvgIpc) is 2.57. The SMILES string of the molecule is CC(=O)OCC(C)c1ccc2c(c1)S(=O)(=O)c1cc(Cl)ccc1S2(=O)=O. The van der Waals surface area contributed by atoms with Crippen molar-refractivity contribution < 1.29 is 26.4 Å². The van der Waals surface area contributed by atoms with E-state index in [1.54, 1.807) is 6.92 Å². The van der Waals surface area contributed by atoms with Crippen LogP contribution >= 0.6 is 11.6 Å². The van der Waals surface area contributed by atoms with Crippen LogP contribution in [0.15, 0.2) is 56.0 Å². The molecule has 0 saturated heterocycles. The zero-order valence-corrected chi connectivity index (χ0v) is 16.3. The van der Waals surface area contributed by atoms with Gasteiger partial charge in [-0.25, -0.2) is 16.8 Å². The zero-order valence-electron chi connectivity index (χ0n) is 13.9. The van der Waals surface area contributed by atoms with E-state index in [-0.39, 0.29) is 37.1 Å². The van der Waals surface area contributed by atoms with Crippen molar-refractivity contribution in [3.05, 3.63) is 47.0 Å². The molecule has 0 spiro atoms. The third-order valence-electron chi connectivity index (χ3n) is 4.14. The predicted octanol–water partition coefficient (Wildman–Crippen LogP) is 2.99. The summed E-state index contributed by atoms with van der Waals surface area (Å²) in [6, 6.07) is 7.81. The maximum atomic E-state index is 13.0. The molecule has 0 amide bonds. The molecule has 138 valence electrons. The lowest BCUT2D eigenvalue weighted by molar-refractivity contribution is -0.141. The Morgan fingerprint density at radius 3 is 2.12 bits per heavy atom. The molecule has 0 fully saturated rings. The Morgan fingerprint density at radius 2 is 1.50 bits per heavy atom. The van der Waals surface area contributed by atoms with Crippen molar-refractivity contribution in [3.8, 4) is 0 Å². The summed E-state index contributed by atoms with van der Waals surface area (Å²) in [5.74, 6) is -0.753. The largest absolute Gasteiger partial charge is 0.465 e. The highest BCUT2D eigenvalue weighted by Gasteiger charge is 2.39. The summed E-state index contributed by atoms with van der Waals surface area (Å²) in [5, 5.41) is 0.130. The first-order valence-electron chi connectivity index (χ1n) is 7.62. The third-order valence-corrected chi connectivity index (χ3v) is 8.33. The van der Waals surface area contributed by atoms with Crippen molar-refractivity contribution >= 4 is 37.2 Å². The minimum Gasteiger partial charge on any atom is -0.465 e. The third kappa shape index (κ3) is 3.02. The number of sulfone groups is 2. The van der Waals surface area contributed by atoms with Gasteiger partial charge >= 0.3 is 5.97 Å². The fourth-order valence-corrected chi connectivity index (χ4v) is 7.16. The van der Waals surface area contributed by atoms with Crippen molar-refractivity contribution in [3.63, 3.8) is 0 Å². The summed E-state index contributed by atoms with van der Waals surface area (Å²) in [6.45, 7) is 3.08. The smallest absolute Gasteiger partial charge is 0.302 e. The van der Waals surface area contributed by atoms with Crippen LogP contribution in [-0.2, 0) is 29.2 Å². The molecule has 6 nitrogen and oxygen atoms in total. The van der Waals surface area contributed by atoms with Crippen LogP contribution in [0.2, 0.25) is 5.02 Å². The number of hydrogen-bond donors (Lipinski definition) is 0. The highest BCUT2D eigenvalue weighted by Crippen LogP contribution is 2.42. The highest BCUT2D eigenvalue weighted by atomic mass is 35.5. The van der Waals surface area contributed by atoms with E-state index in [0.29, 0.717) is 5.56 Å².